The molecule has 0 saturated heterocycles. The average Bonchev–Trinajstić information content (AvgIpc) is 2.83. The van der Waals surface area contributed by atoms with Crippen LogP contribution in [0.4, 0.5) is 0 Å². The molecule has 2 heterocycles. The second-order valence-corrected chi connectivity index (χ2v) is 5.35. The number of fused-ring (bicyclic) bond motifs is 1. The molecule has 0 aliphatic heterocycles. The summed E-state index contributed by atoms with van der Waals surface area (Å²) in [6.45, 7) is 0. The van der Waals surface area contributed by atoms with Gasteiger partial charge >= 0.3 is 5.69 Å². The fraction of sp³-hybridized carbons (Fsp3) is 0.0714. The van der Waals surface area contributed by atoms with E-state index in [9.17, 15) is 14.7 Å². The Morgan fingerprint density at radius 3 is 2.86 bits per heavy atom. The van der Waals surface area contributed by atoms with Crippen molar-refractivity contribution in [3.05, 3.63) is 59.1 Å². The first kappa shape index (κ1) is 13.4. The number of pyridine rings is 1. The molecule has 0 unspecified atom stereocenters. The van der Waals surface area contributed by atoms with Gasteiger partial charge in [-0.2, -0.15) is 0 Å². The Hall–Kier alpha value is -2.54. The van der Waals surface area contributed by atoms with E-state index >= 15 is 0 Å². The maximum atomic E-state index is 12.1. The Balaban J connectivity index is 1.81. The van der Waals surface area contributed by atoms with Crippen molar-refractivity contribution in [2.24, 2.45) is 0 Å². The Bertz CT molecular complexity index is 869. The number of nitrogens with zero attached hydrogens (tertiary/aromatic N) is 3. The number of benzene rings is 1. The van der Waals surface area contributed by atoms with E-state index in [2.05, 4.69) is 5.10 Å². The molecule has 21 heavy (non-hydrogen) atoms. The zero-order chi connectivity index (χ0) is 14.8. The highest BCUT2D eigenvalue weighted by atomic mass is 32.2. The van der Waals surface area contributed by atoms with Crippen molar-refractivity contribution in [2.75, 3.05) is 5.75 Å². The summed E-state index contributed by atoms with van der Waals surface area (Å²) in [7, 11) is 0. The molecule has 0 aliphatic rings. The molecular formula is C14H11N3O3S. The van der Waals surface area contributed by atoms with Gasteiger partial charge in [-0.3, -0.25) is 4.79 Å². The highest BCUT2D eigenvalue weighted by Gasteiger charge is 2.13. The number of aromatic hydroxyl groups is 1. The minimum Gasteiger partial charge on any atom is -0.508 e. The summed E-state index contributed by atoms with van der Waals surface area (Å²) in [4.78, 5) is 24.9. The first-order valence-electron chi connectivity index (χ1n) is 6.16. The SMILES string of the molecule is O=C(CSc1cccc(O)c1)n1nc2ccccn2c1=O. The van der Waals surface area contributed by atoms with Gasteiger partial charge < -0.3 is 5.11 Å². The maximum Gasteiger partial charge on any atom is 0.357 e. The van der Waals surface area contributed by atoms with Crippen molar-refractivity contribution in [3.8, 4) is 5.75 Å². The summed E-state index contributed by atoms with van der Waals surface area (Å²) in [5.74, 6) is -0.206. The van der Waals surface area contributed by atoms with E-state index in [1.165, 1.54) is 16.2 Å². The standard InChI is InChI=1S/C14H11N3O3S/c18-10-4-3-5-11(8-10)21-9-13(19)17-14(20)16-7-2-1-6-12(16)15-17/h1-8,18H,9H2. The number of carbonyl (C=O) groups excluding carboxylic acids is 1. The number of phenols is 1. The van der Waals surface area contributed by atoms with Crippen molar-refractivity contribution in [3.63, 3.8) is 0 Å². The molecule has 1 N–H and O–H groups in total. The first-order chi connectivity index (χ1) is 10.1. The van der Waals surface area contributed by atoms with Crippen LogP contribution in [-0.2, 0) is 0 Å². The molecular weight excluding hydrogens is 290 g/mol. The van der Waals surface area contributed by atoms with Crippen molar-refractivity contribution in [1.29, 1.82) is 0 Å². The Labute approximate surface area is 123 Å². The quantitative estimate of drug-likeness (QED) is 0.744. The topological polar surface area (TPSA) is 76.6 Å². The predicted molar refractivity (Wildman–Crippen MR) is 78.9 cm³/mol. The van der Waals surface area contributed by atoms with Gasteiger partial charge in [-0.1, -0.05) is 12.1 Å². The minimum absolute atomic E-state index is 0.0627. The van der Waals surface area contributed by atoms with Crippen LogP contribution in [0.5, 0.6) is 5.75 Å². The molecule has 0 bridgehead atoms. The van der Waals surface area contributed by atoms with Gasteiger partial charge in [0.05, 0.1) is 5.75 Å². The van der Waals surface area contributed by atoms with Gasteiger partial charge in [0.1, 0.15) is 5.75 Å². The summed E-state index contributed by atoms with van der Waals surface area (Å²) in [5, 5.41) is 13.4. The van der Waals surface area contributed by atoms with Crippen LogP contribution in [-0.4, -0.2) is 30.9 Å². The van der Waals surface area contributed by atoms with E-state index in [0.29, 0.717) is 5.65 Å². The summed E-state index contributed by atoms with van der Waals surface area (Å²) in [6, 6.07) is 11.7. The molecule has 106 valence electrons. The molecule has 0 saturated carbocycles. The van der Waals surface area contributed by atoms with Gasteiger partial charge in [0.25, 0.3) is 5.91 Å². The van der Waals surface area contributed by atoms with Crippen LogP contribution in [0.2, 0.25) is 0 Å². The predicted octanol–water partition coefficient (Wildman–Crippen LogP) is 1.63. The molecule has 3 aromatic rings. The van der Waals surface area contributed by atoms with Gasteiger partial charge in [-0.15, -0.1) is 21.5 Å². The van der Waals surface area contributed by atoms with Gasteiger partial charge in [0.2, 0.25) is 0 Å². The number of carbonyl (C=O) groups is 1. The van der Waals surface area contributed by atoms with Crippen LogP contribution in [0.1, 0.15) is 4.79 Å². The molecule has 0 aliphatic carbocycles. The lowest BCUT2D eigenvalue weighted by atomic mass is 10.3. The van der Waals surface area contributed by atoms with Crippen molar-refractivity contribution < 1.29 is 9.90 Å². The molecule has 1 aromatic carbocycles. The van der Waals surface area contributed by atoms with Crippen molar-refractivity contribution in [2.45, 2.75) is 4.90 Å². The van der Waals surface area contributed by atoms with Crippen molar-refractivity contribution >= 4 is 23.3 Å². The fourth-order valence-electron chi connectivity index (χ4n) is 1.87. The highest BCUT2D eigenvalue weighted by Crippen LogP contribution is 2.21. The summed E-state index contributed by atoms with van der Waals surface area (Å²) >= 11 is 1.24. The number of hydrogen-bond donors (Lipinski definition) is 1. The average molecular weight is 301 g/mol. The maximum absolute atomic E-state index is 12.1. The van der Waals surface area contributed by atoms with Gasteiger partial charge in [0.15, 0.2) is 5.65 Å². The molecule has 2 aromatic heterocycles. The van der Waals surface area contributed by atoms with E-state index in [1.807, 2.05) is 0 Å². The van der Waals surface area contributed by atoms with Crippen LogP contribution in [0.25, 0.3) is 5.65 Å². The van der Waals surface area contributed by atoms with Crippen LogP contribution >= 0.6 is 11.8 Å². The molecule has 0 spiro atoms. The van der Waals surface area contributed by atoms with Gasteiger partial charge in [-0.25, -0.2) is 9.20 Å². The number of hydrogen-bond acceptors (Lipinski definition) is 5. The van der Waals surface area contributed by atoms with E-state index in [4.69, 9.17) is 0 Å². The highest BCUT2D eigenvalue weighted by molar-refractivity contribution is 8.00. The summed E-state index contributed by atoms with van der Waals surface area (Å²) in [6.07, 6.45) is 1.57. The van der Waals surface area contributed by atoms with Gasteiger partial charge in [0, 0.05) is 11.1 Å². The lowest BCUT2D eigenvalue weighted by Crippen LogP contribution is -2.28. The monoisotopic (exact) mass is 301 g/mol. The Morgan fingerprint density at radius 2 is 2.10 bits per heavy atom. The third-order valence-corrected chi connectivity index (χ3v) is 3.82. The Kier molecular flexibility index (Phi) is 3.49. The third-order valence-electron chi connectivity index (χ3n) is 2.84. The third kappa shape index (κ3) is 2.68. The minimum atomic E-state index is -0.480. The molecule has 0 fully saturated rings. The van der Waals surface area contributed by atoms with Crippen LogP contribution in [0, 0.1) is 0 Å². The van der Waals surface area contributed by atoms with E-state index in [1.54, 1.807) is 48.7 Å². The van der Waals surface area contributed by atoms with E-state index in [-0.39, 0.29) is 11.5 Å². The summed E-state index contributed by atoms with van der Waals surface area (Å²) < 4.78 is 2.18. The van der Waals surface area contributed by atoms with Crippen LogP contribution in [0.15, 0.2) is 58.4 Å². The normalized spacial score (nSPS) is 10.9. The number of rotatable bonds is 3. The van der Waals surface area contributed by atoms with E-state index < -0.39 is 11.6 Å². The molecule has 0 amide bonds. The molecule has 7 heteroatoms. The zero-order valence-corrected chi connectivity index (χ0v) is 11.7. The first-order valence-corrected chi connectivity index (χ1v) is 7.15. The Morgan fingerprint density at radius 1 is 1.24 bits per heavy atom. The second-order valence-electron chi connectivity index (χ2n) is 4.30. The fourth-order valence-corrected chi connectivity index (χ4v) is 2.66. The van der Waals surface area contributed by atoms with Crippen LogP contribution in [0.3, 0.4) is 0 Å². The van der Waals surface area contributed by atoms with Crippen molar-refractivity contribution in [1.82, 2.24) is 14.2 Å². The molecule has 0 radical (unpaired) electrons. The smallest absolute Gasteiger partial charge is 0.357 e. The lowest BCUT2D eigenvalue weighted by molar-refractivity contribution is 0.0922. The van der Waals surface area contributed by atoms with Crippen LogP contribution < -0.4 is 5.69 Å². The number of thioether (sulfide) groups is 1. The largest absolute Gasteiger partial charge is 0.508 e. The summed E-state index contributed by atoms with van der Waals surface area (Å²) in [5.41, 5.74) is -0.0506. The zero-order valence-electron chi connectivity index (χ0n) is 10.8. The molecule has 3 rings (SSSR count). The lowest BCUT2D eigenvalue weighted by Gasteiger charge is -2.00. The second kappa shape index (κ2) is 5.45. The molecule has 0 atom stereocenters. The van der Waals surface area contributed by atoms with Gasteiger partial charge in [-0.05, 0) is 30.3 Å². The number of phenolic OH excluding ortho intramolecular Hbond substituents is 1. The number of aromatic nitrogens is 3. The molecule has 6 nitrogen and oxygen atoms in total. The van der Waals surface area contributed by atoms with E-state index in [0.717, 1.165) is 9.58 Å².